The van der Waals surface area contributed by atoms with E-state index >= 15 is 0 Å². The summed E-state index contributed by atoms with van der Waals surface area (Å²) in [5.74, 6) is 0.563. The smallest absolute Gasteiger partial charge is 0.245 e. The standard InChI is InChI=1S/C18H21N3O5S/c1-11(16-10-14-6-4-5-7-15(14)25-16)20-17(22)8-9-19-27(23,24)18-12(2)21-26-13(18)3/h4-7,10-11,19H,8-9H2,1-3H3,(H,20,22)/t11-/m0/s1. The van der Waals surface area contributed by atoms with Crippen LogP contribution in [0.1, 0.15) is 36.6 Å². The molecule has 0 unspecified atom stereocenters. The zero-order valence-corrected chi connectivity index (χ0v) is 16.1. The number of benzene rings is 1. The molecule has 2 N–H and O–H groups in total. The molecule has 3 aromatic rings. The van der Waals surface area contributed by atoms with E-state index in [1.54, 1.807) is 6.92 Å². The van der Waals surface area contributed by atoms with Gasteiger partial charge in [-0.3, -0.25) is 4.79 Å². The van der Waals surface area contributed by atoms with Crippen LogP contribution in [-0.4, -0.2) is 26.0 Å². The van der Waals surface area contributed by atoms with Crippen LogP contribution in [0.3, 0.4) is 0 Å². The number of amides is 1. The number of nitrogens with zero attached hydrogens (tertiary/aromatic N) is 1. The Balaban J connectivity index is 1.55. The van der Waals surface area contributed by atoms with E-state index in [0.717, 1.165) is 11.0 Å². The fraction of sp³-hybridized carbons (Fsp3) is 0.333. The van der Waals surface area contributed by atoms with Crippen LogP contribution < -0.4 is 10.0 Å². The summed E-state index contributed by atoms with van der Waals surface area (Å²) in [6, 6.07) is 9.13. The molecule has 1 atom stereocenters. The van der Waals surface area contributed by atoms with Crippen molar-refractivity contribution in [3.05, 3.63) is 47.5 Å². The maximum atomic E-state index is 12.3. The van der Waals surface area contributed by atoms with Crippen LogP contribution in [-0.2, 0) is 14.8 Å². The van der Waals surface area contributed by atoms with E-state index in [1.807, 2.05) is 37.3 Å². The maximum Gasteiger partial charge on any atom is 0.245 e. The molecular formula is C18H21N3O5S. The van der Waals surface area contributed by atoms with Crippen LogP contribution in [0.5, 0.6) is 0 Å². The Morgan fingerprint density at radius 1 is 1.26 bits per heavy atom. The Bertz CT molecular complexity index is 1020. The van der Waals surface area contributed by atoms with Crippen LogP contribution in [0.2, 0.25) is 0 Å². The number of hydrogen-bond acceptors (Lipinski definition) is 6. The second-order valence-electron chi connectivity index (χ2n) is 6.28. The Labute approximate surface area is 157 Å². The van der Waals surface area contributed by atoms with E-state index in [4.69, 9.17) is 8.94 Å². The summed E-state index contributed by atoms with van der Waals surface area (Å²) in [5, 5.41) is 7.39. The molecule has 2 aromatic heterocycles. The molecule has 1 amide bonds. The number of aromatic nitrogens is 1. The molecular weight excluding hydrogens is 370 g/mol. The summed E-state index contributed by atoms with van der Waals surface area (Å²) in [4.78, 5) is 12.1. The van der Waals surface area contributed by atoms with E-state index in [9.17, 15) is 13.2 Å². The Morgan fingerprint density at radius 3 is 2.67 bits per heavy atom. The number of para-hydroxylation sites is 1. The molecule has 2 heterocycles. The van der Waals surface area contributed by atoms with E-state index in [0.29, 0.717) is 5.76 Å². The second kappa shape index (κ2) is 7.53. The third-order valence-corrected chi connectivity index (χ3v) is 5.83. The summed E-state index contributed by atoms with van der Waals surface area (Å²) in [6.07, 6.45) is -0.00677. The van der Waals surface area contributed by atoms with Crippen molar-refractivity contribution in [3.8, 4) is 0 Å². The molecule has 9 heteroatoms. The number of furan rings is 1. The molecule has 0 bridgehead atoms. The molecule has 0 aliphatic rings. The Kier molecular flexibility index (Phi) is 5.33. The molecule has 1 aromatic carbocycles. The Morgan fingerprint density at radius 2 is 2.00 bits per heavy atom. The number of rotatable bonds is 7. The number of aryl methyl sites for hydroxylation is 2. The molecule has 0 saturated carbocycles. The molecule has 27 heavy (non-hydrogen) atoms. The number of nitrogens with one attached hydrogen (secondary N) is 2. The average Bonchev–Trinajstić information content (AvgIpc) is 3.18. The molecule has 144 valence electrons. The maximum absolute atomic E-state index is 12.3. The quantitative estimate of drug-likeness (QED) is 0.640. The highest BCUT2D eigenvalue weighted by molar-refractivity contribution is 7.89. The van der Waals surface area contributed by atoms with Crippen molar-refractivity contribution in [1.29, 1.82) is 0 Å². The van der Waals surface area contributed by atoms with Gasteiger partial charge in [0.15, 0.2) is 5.76 Å². The fourth-order valence-corrected chi connectivity index (χ4v) is 4.19. The lowest BCUT2D eigenvalue weighted by atomic mass is 10.2. The third-order valence-electron chi connectivity index (χ3n) is 4.13. The van der Waals surface area contributed by atoms with Gasteiger partial charge in [0.05, 0.1) is 6.04 Å². The highest BCUT2D eigenvalue weighted by atomic mass is 32.2. The fourth-order valence-electron chi connectivity index (χ4n) is 2.83. The first kappa shape index (κ1) is 19.1. The number of fused-ring (bicyclic) bond motifs is 1. The lowest BCUT2D eigenvalue weighted by Crippen LogP contribution is -2.32. The van der Waals surface area contributed by atoms with Crippen LogP contribution in [0, 0.1) is 13.8 Å². The highest BCUT2D eigenvalue weighted by Crippen LogP contribution is 2.23. The summed E-state index contributed by atoms with van der Waals surface area (Å²) >= 11 is 0. The van der Waals surface area contributed by atoms with Crippen molar-refractivity contribution in [2.24, 2.45) is 0 Å². The zero-order valence-electron chi connectivity index (χ0n) is 15.3. The van der Waals surface area contributed by atoms with E-state index < -0.39 is 10.0 Å². The summed E-state index contributed by atoms with van der Waals surface area (Å²) in [5.41, 5.74) is 1.03. The van der Waals surface area contributed by atoms with Gasteiger partial charge in [-0.25, -0.2) is 13.1 Å². The summed E-state index contributed by atoms with van der Waals surface area (Å²) < 4.78 is 37.6. The van der Waals surface area contributed by atoms with Gasteiger partial charge in [-0.1, -0.05) is 23.4 Å². The molecule has 0 saturated heterocycles. The minimum Gasteiger partial charge on any atom is -0.459 e. The SMILES string of the molecule is Cc1noc(C)c1S(=O)(=O)NCCC(=O)N[C@@H](C)c1cc2ccccc2o1. The van der Waals surface area contributed by atoms with Crippen molar-refractivity contribution in [2.45, 2.75) is 38.1 Å². The molecule has 0 fully saturated rings. The Hall–Kier alpha value is -2.65. The lowest BCUT2D eigenvalue weighted by Gasteiger charge is -2.11. The number of carbonyl (C=O) groups excluding carboxylic acids is 1. The van der Waals surface area contributed by atoms with Gasteiger partial charge in [-0.15, -0.1) is 0 Å². The van der Waals surface area contributed by atoms with Gasteiger partial charge in [-0.2, -0.15) is 0 Å². The summed E-state index contributed by atoms with van der Waals surface area (Å²) in [7, 11) is -3.78. The molecule has 0 aliphatic heterocycles. The molecule has 0 radical (unpaired) electrons. The van der Waals surface area contributed by atoms with Crippen LogP contribution >= 0.6 is 0 Å². The largest absolute Gasteiger partial charge is 0.459 e. The van der Waals surface area contributed by atoms with Gasteiger partial charge < -0.3 is 14.3 Å². The molecule has 0 spiro atoms. The van der Waals surface area contributed by atoms with Gasteiger partial charge in [0.25, 0.3) is 0 Å². The van der Waals surface area contributed by atoms with Gasteiger partial charge >= 0.3 is 0 Å². The van der Waals surface area contributed by atoms with Gasteiger partial charge in [0.2, 0.25) is 15.9 Å². The van der Waals surface area contributed by atoms with Crippen LogP contribution in [0.25, 0.3) is 11.0 Å². The van der Waals surface area contributed by atoms with Gasteiger partial charge in [0, 0.05) is 18.4 Å². The minimum absolute atomic E-state index is 0.00677. The van der Waals surface area contributed by atoms with E-state index in [-0.39, 0.29) is 41.3 Å². The topological polar surface area (TPSA) is 114 Å². The third kappa shape index (κ3) is 4.20. The van der Waals surface area contributed by atoms with Gasteiger partial charge in [-0.05, 0) is 32.9 Å². The van der Waals surface area contributed by atoms with Crippen molar-refractivity contribution >= 4 is 26.9 Å². The normalized spacial score (nSPS) is 13.0. The van der Waals surface area contributed by atoms with E-state index in [1.165, 1.54) is 6.92 Å². The predicted molar refractivity (Wildman–Crippen MR) is 98.6 cm³/mol. The highest BCUT2D eigenvalue weighted by Gasteiger charge is 2.24. The number of sulfonamides is 1. The van der Waals surface area contributed by atoms with Crippen molar-refractivity contribution in [2.75, 3.05) is 6.54 Å². The first-order chi connectivity index (χ1) is 12.8. The van der Waals surface area contributed by atoms with Crippen LogP contribution in [0.4, 0.5) is 0 Å². The zero-order chi connectivity index (χ0) is 19.6. The first-order valence-corrected chi connectivity index (χ1v) is 9.96. The molecule has 8 nitrogen and oxygen atoms in total. The van der Waals surface area contributed by atoms with Crippen molar-refractivity contribution in [1.82, 2.24) is 15.2 Å². The lowest BCUT2D eigenvalue weighted by molar-refractivity contribution is -0.121. The van der Waals surface area contributed by atoms with Gasteiger partial charge in [0.1, 0.15) is 21.9 Å². The first-order valence-electron chi connectivity index (χ1n) is 8.48. The minimum atomic E-state index is -3.78. The summed E-state index contributed by atoms with van der Waals surface area (Å²) in [6.45, 7) is 4.85. The van der Waals surface area contributed by atoms with E-state index in [2.05, 4.69) is 15.2 Å². The monoisotopic (exact) mass is 391 g/mol. The predicted octanol–water partition coefficient (Wildman–Crippen LogP) is 2.58. The average molecular weight is 391 g/mol. The second-order valence-corrected chi connectivity index (χ2v) is 7.98. The molecule has 3 rings (SSSR count). The van der Waals surface area contributed by atoms with Crippen molar-refractivity contribution < 1.29 is 22.2 Å². The number of hydrogen-bond donors (Lipinski definition) is 2. The number of carbonyl (C=O) groups is 1. The molecule has 0 aliphatic carbocycles. The van der Waals surface area contributed by atoms with Crippen molar-refractivity contribution in [3.63, 3.8) is 0 Å². The van der Waals surface area contributed by atoms with Crippen LogP contribution in [0.15, 0.2) is 44.2 Å².